The van der Waals surface area contributed by atoms with Crippen molar-refractivity contribution in [3.05, 3.63) is 35.9 Å². The lowest BCUT2D eigenvalue weighted by Crippen LogP contribution is -2.62. The van der Waals surface area contributed by atoms with Gasteiger partial charge in [-0.25, -0.2) is 8.42 Å². The van der Waals surface area contributed by atoms with E-state index in [2.05, 4.69) is 20.8 Å². The van der Waals surface area contributed by atoms with Gasteiger partial charge in [0.05, 0.1) is 5.75 Å². The quantitative estimate of drug-likeness (QED) is 0.795. The molecule has 0 atom stereocenters. The molecule has 0 unspecified atom stereocenters. The first-order chi connectivity index (χ1) is 11.7. The molecule has 25 heavy (non-hydrogen) atoms. The summed E-state index contributed by atoms with van der Waals surface area (Å²) in [4.78, 5) is 0. The minimum atomic E-state index is -3.22. The van der Waals surface area contributed by atoms with E-state index >= 15 is 0 Å². The summed E-state index contributed by atoms with van der Waals surface area (Å²) in [6.45, 7) is 7.03. The lowest BCUT2D eigenvalue weighted by molar-refractivity contribution is -0.0661. The van der Waals surface area contributed by atoms with Crippen LogP contribution >= 0.6 is 0 Å². The molecule has 4 aliphatic rings. The van der Waals surface area contributed by atoms with Crippen LogP contribution in [0.25, 0.3) is 0 Å². The van der Waals surface area contributed by atoms with E-state index in [4.69, 9.17) is 0 Å². The minimum absolute atomic E-state index is 0.154. The molecule has 2 aliphatic carbocycles. The predicted molar refractivity (Wildman–Crippen MR) is 101 cm³/mol. The largest absolute Gasteiger partial charge is 0.218 e. The fraction of sp³-hybridized carbons (Fsp3) is 0.714. The van der Waals surface area contributed by atoms with Gasteiger partial charge in [-0.2, -0.15) is 4.31 Å². The van der Waals surface area contributed by atoms with Crippen LogP contribution in [0, 0.1) is 23.2 Å². The van der Waals surface area contributed by atoms with Gasteiger partial charge in [0.25, 0.3) is 0 Å². The molecule has 5 rings (SSSR count). The van der Waals surface area contributed by atoms with E-state index in [9.17, 15) is 8.42 Å². The Morgan fingerprint density at radius 3 is 1.96 bits per heavy atom. The Morgan fingerprint density at radius 2 is 1.48 bits per heavy atom. The van der Waals surface area contributed by atoms with Gasteiger partial charge in [-0.1, -0.05) is 51.1 Å². The van der Waals surface area contributed by atoms with Crippen LogP contribution < -0.4 is 0 Å². The molecule has 4 heteroatoms. The number of hydrogen-bond donors (Lipinski definition) is 0. The fourth-order valence-electron chi connectivity index (χ4n) is 5.93. The van der Waals surface area contributed by atoms with Crippen molar-refractivity contribution in [2.45, 2.75) is 70.7 Å². The van der Waals surface area contributed by atoms with Crippen LogP contribution in [-0.4, -0.2) is 24.8 Å². The van der Waals surface area contributed by atoms with Crippen LogP contribution in [0.1, 0.15) is 58.4 Å². The van der Waals surface area contributed by atoms with Crippen molar-refractivity contribution in [1.82, 2.24) is 4.31 Å². The maximum absolute atomic E-state index is 13.1. The third-order valence-electron chi connectivity index (χ3n) is 6.59. The summed E-state index contributed by atoms with van der Waals surface area (Å²) in [5, 5.41) is 0. The molecule has 2 aliphatic heterocycles. The Morgan fingerprint density at radius 1 is 0.960 bits per heavy atom. The third-order valence-corrected chi connectivity index (χ3v) is 8.53. The standard InChI is InChI=1S/C21H31NO2S/c1-21(2,3)13-20-16-9-18-11-17(20)12-19(10-16)22(18)25(23,24)14-15-7-5-4-6-8-15/h4-8,16-20H,9-14H2,1-3H3. The summed E-state index contributed by atoms with van der Waals surface area (Å²) in [5.74, 6) is 2.45. The van der Waals surface area contributed by atoms with Crippen LogP contribution in [-0.2, 0) is 15.8 Å². The molecule has 0 spiro atoms. The molecular formula is C21H31NO2S. The molecule has 1 aromatic carbocycles. The molecule has 0 N–H and O–H groups in total. The third kappa shape index (κ3) is 3.40. The minimum Gasteiger partial charge on any atom is -0.212 e. The highest BCUT2D eigenvalue weighted by Crippen LogP contribution is 2.55. The number of rotatable bonds is 4. The molecule has 1 aromatic rings. The first-order valence-electron chi connectivity index (χ1n) is 9.78. The number of piperidine rings is 2. The molecule has 4 fully saturated rings. The highest BCUT2D eigenvalue weighted by atomic mass is 32.2. The van der Waals surface area contributed by atoms with Crippen molar-refractivity contribution < 1.29 is 8.42 Å². The number of benzene rings is 1. The average Bonchev–Trinajstić information content (AvgIpc) is 2.49. The van der Waals surface area contributed by atoms with Crippen molar-refractivity contribution in [1.29, 1.82) is 0 Å². The Labute approximate surface area is 152 Å². The summed E-state index contributed by atoms with van der Waals surface area (Å²) < 4.78 is 28.2. The fourth-order valence-corrected chi connectivity index (χ4v) is 7.95. The zero-order valence-electron chi connectivity index (χ0n) is 15.7. The number of hydrogen-bond acceptors (Lipinski definition) is 2. The van der Waals surface area contributed by atoms with E-state index < -0.39 is 10.0 Å². The van der Waals surface area contributed by atoms with Gasteiger partial charge in [0.1, 0.15) is 0 Å². The average molecular weight is 362 g/mol. The zero-order valence-corrected chi connectivity index (χ0v) is 16.5. The monoisotopic (exact) mass is 361 g/mol. The first-order valence-corrected chi connectivity index (χ1v) is 11.4. The summed E-state index contributed by atoms with van der Waals surface area (Å²) in [7, 11) is -3.22. The lowest BCUT2D eigenvalue weighted by Gasteiger charge is -2.59. The van der Waals surface area contributed by atoms with Gasteiger partial charge in [-0.05, 0) is 60.8 Å². The second-order valence-corrected chi connectivity index (χ2v) is 11.6. The summed E-state index contributed by atoms with van der Waals surface area (Å²) in [6, 6.07) is 10.2. The van der Waals surface area contributed by atoms with Gasteiger partial charge < -0.3 is 0 Å². The first kappa shape index (κ1) is 17.5. The molecule has 2 saturated carbocycles. The zero-order chi connectivity index (χ0) is 17.8. The SMILES string of the molecule is CC(C)(C)CC1C2CC3CC1CC(C2)N3S(=O)(=O)Cc1ccccc1. The summed E-state index contributed by atoms with van der Waals surface area (Å²) in [6.07, 6.45) is 5.63. The van der Waals surface area contributed by atoms with Gasteiger partial charge in [0.2, 0.25) is 10.0 Å². The van der Waals surface area contributed by atoms with Gasteiger partial charge in [0, 0.05) is 12.1 Å². The highest BCUT2D eigenvalue weighted by molar-refractivity contribution is 7.88. The van der Waals surface area contributed by atoms with Crippen molar-refractivity contribution in [3.8, 4) is 0 Å². The van der Waals surface area contributed by atoms with Gasteiger partial charge in [-0.3, -0.25) is 0 Å². The molecule has 4 bridgehead atoms. The molecule has 138 valence electrons. The van der Waals surface area contributed by atoms with E-state index in [1.165, 1.54) is 6.42 Å². The number of sulfonamides is 1. The Hall–Kier alpha value is -0.870. The Balaban J connectivity index is 1.51. The summed E-state index contributed by atoms with van der Waals surface area (Å²) >= 11 is 0. The van der Waals surface area contributed by atoms with Crippen molar-refractivity contribution >= 4 is 10.0 Å². The molecule has 0 radical (unpaired) electrons. The van der Waals surface area contributed by atoms with Crippen LogP contribution in [0.15, 0.2) is 30.3 Å². The summed E-state index contributed by atoms with van der Waals surface area (Å²) in [5.41, 5.74) is 1.28. The van der Waals surface area contributed by atoms with Crippen LogP contribution in [0.2, 0.25) is 0 Å². The van der Waals surface area contributed by atoms with Gasteiger partial charge >= 0.3 is 0 Å². The number of nitrogens with zero attached hydrogens (tertiary/aromatic N) is 1. The maximum Gasteiger partial charge on any atom is 0.218 e. The molecule has 3 nitrogen and oxygen atoms in total. The Kier molecular flexibility index (Phi) is 4.27. The molecule has 0 amide bonds. The van der Waals surface area contributed by atoms with Crippen molar-refractivity contribution in [3.63, 3.8) is 0 Å². The highest BCUT2D eigenvalue weighted by Gasteiger charge is 2.55. The van der Waals surface area contributed by atoms with E-state index in [0.29, 0.717) is 5.41 Å². The Bertz CT molecular complexity index is 690. The van der Waals surface area contributed by atoms with E-state index in [1.54, 1.807) is 0 Å². The van der Waals surface area contributed by atoms with Crippen LogP contribution in [0.4, 0.5) is 0 Å². The maximum atomic E-state index is 13.1. The van der Waals surface area contributed by atoms with E-state index in [1.807, 2.05) is 34.6 Å². The van der Waals surface area contributed by atoms with Crippen LogP contribution in [0.5, 0.6) is 0 Å². The topological polar surface area (TPSA) is 37.4 Å². The van der Waals surface area contributed by atoms with Crippen LogP contribution in [0.3, 0.4) is 0 Å². The van der Waals surface area contributed by atoms with Crippen molar-refractivity contribution in [2.24, 2.45) is 23.2 Å². The molecule has 2 heterocycles. The van der Waals surface area contributed by atoms with Gasteiger partial charge in [-0.15, -0.1) is 0 Å². The second kappa shape index (κ2) is 6.09. The molecule has 0 aromatic heterocycles. The molecular weight excluding hydrogens is 330 g/mol. The van der Waals surface area contributed by atoms with Gasteiger partial charge in [0.15, 0.2) is 0 Å². The lowest BCUT2D eigenvalue weighted by atomic mass is 9.56. The normalized spacial score (nSPS) is 35.2. The smallest absolute Gasteiger partial charge is 0.212 e. The van der Waals surface area contributed by atoms with E-state index in [-0.39, 0.29) is 17.8 Å². The van der Waals surface area contributed by atoms with Crippen molar-refractivity contribution in [2.75, 3.05) is 0 Å². The van der Waals surface area contributed by atoms with E-state index in [0.717, 1.165) is 49.0 Å². The molecule has 2 saturated heterocycles. The predicted octanol–water partition coefficient (Wildman–Crippen LogP) is 4.44. The second-order valence-electron chi connectivity index (χ2n) is 9.77.